The lowest BCUT2D eigenvalue weighted by molar-refractivity contribution is -0.144. The van der Waals surface area contributed by atoms with Crippen molar-refractivity contribution in [3.63, 3.8) is 0 Å². The Balaban J connectivity index is 0.980. The van der Waals surface area contributed by atoms with E-state index in [4.69, 9.17) is 10.5 Å². The number of sulfonamides is 1. The van der Waals surface area contributed by atoms with Crippen molar-refractivity contribution in [2.24, 2.45) is 11.1 Å². The number of aromatic nitrogens is 4. The third-order valence-electron chi connectivity index (χ3n) is 10.6. The van der Waals surface area contributed by atoms with Gasteiger partial charge in [0.05, 0.1) is 40.2 Å². The molecule has 3 aromatic heterocycles. The van der Waals surface area contributed by atoms with Crippen molar-refractivity contribution in [3.05, 3.63) is 89.2 Å². The van der Waals surface area contributed by atoms with Gasteiger partial charge in [0.1, 0.15) is 17.6 Å². The molecular formula is C44H54N10O8S2. The molecule has 0 aliphatic carbocycles. The molecule has 1 saturated heterocycles. The summed E-state index contributed by atoms with van der Waals surface area (Å²) in [5.74, 6) is -1.54. The number of likely N-dealkylation sites (tertiary alicyclic amines) is 1. The highest BCUT2D eigenvalue weighted by Gasteiger charge is 2.44. The molecule has 4 heterocycles. The van der Waals surface area contributed by atoms with Crippen molar-refractivity contribution in [2.75, 3.05) is 28.9 Å². The molecule has 340 valence electrons. The maximum Gasteiger partial charge on any atom is 0.254 e. The van der Waals surface area contributed by atoms with Crippen LogP contribution in [-0.2, 0) is 31.0 Å². The third kappa shape index (κ3) is 12.0. The van der Waals surface area contributed by atoms with Crippen LogP contribution in [0.25, 0.3) is 21.7 Å². The average Bonchev–Trinajstić information content (AvgIpc) is 4.00. The molecule has 3 atom stereocenters. The Kier molecular flexibility index (Phi) is 15.0. The zero-order valence-corrected chi connectivity index (χ0v) is 37.9. The van der Waals surface area contributed by atoms with Gasteiger partial charge in [0.2, 0.25) is 33.6 Å². The van der Waals surface area contributed by atoms with E-state index in [-0.39, 0.29) is 67.4 Å². The highest BCUT2D eigenvalue weighted by Crippen LogP contribution is 2.31. The molecule has 6 rings (SSSR count). The second kappa shape index (κ2) is 20.4. The molecule has 1 aliphatic rings. The molecule has 1 fully saturated rings. The summed E-state index contributed by atoms with van der Waals surface area (Å²) in [6.45, 7) is 9.44. The Morgan fingerprint density at radius 1 is 1.02 bits per heavy atom. The van der Waals surface area contributed by atoms with Gasteiger partial charge >= 0.3 is 0 Å². The number of benzene rings is 2. The van der Waals surface area contributed by atoms with E-state index in [1.54, 1.807) is 53.2 Å². The number of pyridine rings is 1. The number of hydrogen-bond acceptors (Lipinski definition) is 13. The molecule has 8 N–H and O–H groups in total. The number of β-amino-alcohol motifs (C(OH)–C–C–N with tert-alkyl or cyclic N) is 1. The monoisotopic (exact) mass is 914 g/mol. The summed E-state index contributed by atoms with van der Waals surface area (Å²) < 4.78 is 32.2. The first-order valence-corrected chi connectivity index (χ1v) is 23.4. The van der Waals surface area contributed by atoms with Crippen molar-refractivity contribution in [1.29, 1.82) is 0 Å². The number of aliphatic hydroxyl groups excluding tert-OH is 1. The number of nitrogens with two attached hydrogens (primary N) is 1. The van der Waals surface area contributed by atoms with E-state index >= 15 is 0 Å². The lowest BCUT2D eigenvalue weighted by Crippen LogP contribution is -2.57. The van der Waals surface area contributed by atoms with Crippen LogP contribution in [0.5, 0.6) is 5.88 Å². The van der Waals surface area contributed by atoms with Crippen molar-refractivity contribution < 1.29 is 37.4 Å². The van der Waals surface area contributed by atoms with E-state index in [2.05, 4.69) is 40.8 Å². The van der Waals surface area contributed by atoms with Gasteiger partial charge in [0, 0.05) is 55.1 Å². The molecule has 20 heteroatoms. The van der Waals surface area contributed by atoms with Crippen LogP contribution in [0.3, 0.4) is 0 Å². The maximum atomic E-state index is 14.0. The minimum Gasteiger partial charge on any atom is -0.478 e. The van der Waals surface area contributed by atoms with Gasteiger partial charge in [-0.05, 0) is 61.4 Å². The van der Waals surface area contributed by atoms with Crippen molar-refractivity contribution in [1.82, 2.24) is 35.7 Å². The first kappa shape index (κ1) is 47.1. The molecule has 1 unspecified atom stereocenters. The molecule has 18 nitrogen and oxygen atoms in total. The summed E-state index contributed by atoms with van der Waals surface area (Å²) in [6.07, 6.45) is 1.76. The highest BCUT2D eigenvalue weighted by atomic mass is 32.2. The SMILES string of the molecule is CCS(=O)(=O)Nc1ccc(-c2[nH]nc(Nc3ccnc(OCCCCC(=O)NC(C(=O)N4C[C@@H](O)C[C@H]4C(=O)NCc4ccc(-c5scnc5C)cc4)C(C)(C)C)c3)c2C(N)=O)cc1. The Morgan fingerprint density at radius 3 is 2.39 bits per heavy atom. The van der Waals surface area contributed by atoms with Gasteiger partial charge in [-0.25, -0.2) is 18.4 Å². The van der Waals surface area contributed by atoms with Crippen molar-refractivity contribution >= 4 is 62.2 Å². The number of aliphatic hydroxyl groups is 1. The largest absolute Gasteiger partial charge is 0.478 e. The fourth-order valence-electron chi connectivity index (χ4n) is 7.12. The number of carbonyl (C=O) groups excluding carboxylic acids is 4. The van der Waals surface area contributed by atoms with Gasteiger partial charge < -0.3 is 36.4 Å². The summed E-state index contributed by atoms with van der Waals surface area (Å²) in [6, 6.07) is 15.7. The van der Waals surface area contributed by atoms with E-state index in [1.807, 2.05) is 52.0 Å². The van der Waals surface area contributed by atoms with Crippen LogP contribution in [0.4, 0.5) is 17.2 Å². The number of rotatable bonds is 19. The summed E-state index contributed by atoms with van der Waals surface area (Å²) in [7, 11) is -3.46. The second-order valence-corrected chi connectivity index (χ2v) is 19.4. The second-order valence-electron chi connectivity index (χ2n) is 16.5. The molecule has 0 radical (unpaired) electrons. The number of nitrogens with zero attached hydrogens (tertiary/aromatic N) is 4. The molecule has 64 heavy (non-hydrogen) atoms. The predicted molar refractivity (Wildman–Crippen MR) is 244 cm³/mol. The van der Waals surface area contributed by atoms with Crippen LogP contribution in [0.15, 0.2) is 72.4 Å². The quantitative estimate of drug-likeness (QED) is 0.0548. The molecule has 0 saturated carbocycles. The lowest BCUT2D eigenvalue weighted by Gasteiger charge is -2.35. The van der Waals surface area contributed by atoms with Gasteiger partial charge in [0.15, 0.2) is 5.82 Å². The standard InChI is InChI=1S/C44H54N10O8S2/c1-6-64(60,61)53-30-16-14-28(15-17-30)37-36(40(45)57)41(52-51-37)49-31-18-19-46-35(21-31)62-20-8-7-9-34(56)50-39(44(3,4)5)43(59)54-24-32(55)22-33(54)42(58)47-23-27-10-12-29(13-11-27)38-26(2)48-25-63-38/h10-19,21,25,32-33,39,53,55H,6-9,20,22-24H2,1-5H3,(H2,45,57)(H,47,58)(H,50,56)(H2,46,49,51,52)/t32-,33-,39?/m0/s1. The number of aromatic amines is 1. The molecule has 0 spiro atoms. The van der Waals surface area contributed by atoms with Crippen LogP contribution in [-0.4, -0.2) is 99.3 Å². The number of aryl methyl sites for hydroxylation is 1. The Bertz CT molecular complexity index is 2560. The van der Waals surface area contributed by atoms with Gasteiger partial charge in [-0.15, -0.1) is 11.3 Å². The summed E-state index contributed by atoms with van der Waals surface area (Å²) in [5, 5.41) is 26.5. The zero-order chi connectivity index (χ0) is 46.2. The van der Waals surface area contributed by atoms with E-state index < -0.39 is 45.4 Å². The number of thiazole rings is 1. The molecule has 2 aromatic carbocycles. The number of primary amides is 1. The van der Waals surface area contributed by atoms with E-state index in [1.165, 1.54) is 18.0 Å². The van der Waals surface area contributed by atoms with Crippen LogP contribution in [0.2, 0.25) is 0 Å². The Morgan fingerprint density at radius 2 is 1.73 bits per heavy atom. The fraction of sp³-hybridized carbons (Fsp3) is 0.386. The van der Waals surface area contributed by atoms with Crippen LogP contribution < -0.4 is 31.1 Å². The minimum absolute atomic E-state index is 0.0254. The number of amides is 4. The lowest BCUT2D eigenvalue weighted by atomic mass is 9.85. The number of unbranched alkanes of at least 4 members (excludes halogenated alkanes) is 1. The first-order valence-electron chi connectivity index (χ1n) is 20.8. The van der Waals surface area contributed by atoms with E-state index in [0.717, 1.165) is 21.7 Å². The van der Waals surface area contributed by atoms with Crippen LogP contribution in [0.1, 0.15) is 75.0 Å². The number of carbonyl (C=O) groups is 4. The summed E-state index contributed by atoms with van der Waals surface area (Å²) in [4.78, 5) is 64.3. The van der Waals surface area contributed by atoms with Crippen LogP contribution >= 0.6 is 11.3 Å². The third-order valence-corrected chi connectivity index (χ3v) is 12.9. The smallest absolute Gasteiger partial charge is 0.254 e. The van der Waals surface area contributed by atoms with Crippen molar-refractivity contribution in [2.45, 2.75) is 85.0 Å². The van der Waals surface area contributed by atoms with Gasteiger partial charge in [0.25, 0.3) is 5.91 Å². The fourth-order valence-corrected chi connectivity index (χ4v) is 8.57. The Labute approximate surface area is 375 Å². The normalized spacial score (nSPS) is 15.6. The minimum atomic E-state index is -3.46. The predicted octanol–water partition coefficient (Wildman–Crippen LogP) is 4.87. The van der Waals surface area contributed by atoms with Gasteiger partial charge in [-0.2, -0.15) is 5.10 Å². The number of ether oxygens (including phenoxy) is 1. The highest BCUT2D eigenvalue weighted by molar-refractivity contribution is 7.92. The molecule has 0 bridgehead atoms. The van der Waals surface area contributed by atoms with Gasteiger partial charge in [-0.1, -0.05) is 57.2 Å². The average molecular weight is 915 g/mol. The molecule has 1 aliphatic heterocycles. The molecule has 5 aromatic rings. The number of anilines is 3. The van der Waals surface area contributed by atoms with E-state index in [0.29, 0.717) is 35.5 Å². The topological polar surface area (TPSA) is 264 Å². The number of nitrogens with one attached hydrogen (secondary N) is 5. The van der Waals surface area contributed by atoms with Crippen LogP contribution in [0, 0.1) is 12.3 Å². The number of H-pyrrole nitrogens is 1. The molecular weight excluding hydrogens is 861 g/mol. The zero-order valence-electron chi connectivity index (χ0n) is 36.3. The van der Waals surface area contributed by atoms with E-state index in [9.17, 15) is 32.7 Å². The van der Waals surface area contributed by atoms with Gasteiger partial charge in [-0.3, -0.25) is 29.0 Å². The molecule has 4 amide bonds. The van der Waals surface area contributed by atoms with Crippen molar-refractivity contribution in [3.8, 4) is 27.6 Å². The first-order chi connectivity index (χ1) is 30.4. The Hall–Kier alpha value is -6.38. The maximum absolute atomic E-state index is 14.0. The summed E-state index contributed by atoms with van der Waals surface area (Å²) in [5.41, 5.74) is 11.6. The number of hydrogen-bond donors (Lipinski definition) is 7. The summed E-state index contributed by atoms with van der Waals surface area (Å²) >= 11 is 1.56.